The zero-order chi connectivity index (χ0) is 9.14. The van der Waals surface area contributed by atoms with Crippen molar-refractivity contribution in [3.05, 3.63) is 18.0 Å². The number of carbonyl (C=O) groups is 1. The maximum atomic E-state index is 10.6. The SMILES string of the molecule is Cn1cc(CC(N)C(N)=O)cn1. The van der Waals surface area contributed by atoms with Crippen molar-refractivity contribution in [3.63, 3.8) is 0 Å². The van der Waals surface area contributed by atoms with Crippen LogP contribution in [-0.2, 0) is 18.3 Å². The van der Waals surface area contributed by atoms with E-state index >= 15 is 0 Å². The highest BCUT2D eigenvalue weighted by Gasteiger charge is 2.10. The van der Waals surface area contributed by atoms with Gasteiger partial charge in [0.15, 0.2) is 0 Å². The van der Waals surface area contributed by atoms with E-state index in [4.69, 9.17) is 11.5 Å². The Labute approximate surface area is 70.3 Å². The number of nitrogens with zero attached hydrogens (tertiary/aromatic N) is 2. The summed E-state index contributed by atoms with van der Waals surface area (Å²) in [5, 5.41) is 3.94. The van der Waals surface area contributed by atoms with Crippen LogP contribution in [-0.4, -0.2) is 21.7 Å². The smallest absolute Gasteiger partial charge is 0.234 e. The van der Waals surface area contributed by atoms with Gasteiger partial charge in [-0.3, -0.25) is 9.48 Å². The van der Waals surface area contributed by atoms with Gasteiger partial charge in [0.05, 0.1) is 12.2 Å². The van der Waals surface area contributed by atoms with Crippen molar-refractivity contribution in [2.45, 2.75) is 12.5 Å². The molecule has 0 saturated carbocycles. The quantitative estimate of drug-likeness (QED) is 0.592. The van der Waals surface area contributed by atoms with Crippen molar-refractivity contribution in [3.8, 4) is 0 Å². The molecule has 0 aliphatic rings. The third-order valence-electron chi connectivity index (χ3n) is 1.58. The number of aromatic nitrogens is 2. The van der Waals surface area contributed by atoms with Crippen LogP contribution in [0.25, 0.3) is 0 Å². The summed E-state index contributed by atoms with van der Waals surface area (Å²) < 4.78 is 1.66. The summed E-state index contributed by atoms with van der Waals surface area (Å²) in [4.78, 5) is 10.6. The average molecular weight is 168 g/mol. The zero-order valence-corrected chi connectivity index (χ0v) is 6.90. The molecule has 5 heteroatoms. The van der Waals surface area contributed by atoms with Crippen LogP contribution in [0.4, 0.5) is 0 Å². The highest BCUT2D eigenvalue weighted by Crippen LogP contribution is 1.99. The van der Waals surface area contributed by atoms with Crippen LogP contribution in [0.2, 0.25) is 0 Å². The van der Waals surface area contributed by atoms with E-state index in [0.717, 1.165) is 5.56 Å². The van der Waals surface area contributed by atoms with Crippen LogP contribution in [0, 0.1) is 0 Å². The van der Waals surface area contributed by atoms with Crippen molar-refractivity contribution < 1.29 is 4.79 Å². The lowest BCUT2D eigenvalue weighted by Crippen LogP contribution is -2.38. The van der Waals surface area contributed by atoms with Crippen LogP contribution in [0.5, 0.6) is 0 Å². The summed E-state index contributed by atoms with van der Waals surface area (Å²) >= 11 is 0. The fourth-order valence-corrected chi connectivity index (χ4v) is 0.932. The number of aryl methyl sites for hydroxylation is 1. The van der Waals surface area contributed by atoms with E-state index in [0.29, 0.717) is 6.42 Å². The molecule has 1 heterocycles. The predicted molar refractivity (Wildman–Crippen MR) is 44.1 cm³/mol. The molecule has 1 aromatic heterocycles. The van der Waals surface area contributed by atoms with Crippen molar-refractivity contribution in [2.24, 2.45) is 18.5 Å². The average Bonchev–Trinajstić information content (AvgIpc) is 2.35. The van der Waals surface area contributed by atoms with Crippen LogP contribution >= 0.6 is 0 Å². The second-order valence-corrected chi connectivity index (χ2v) is 2.74. The molecular weight excluding hydrogens is 156 g/mol. The maximum Gasteiger partial charge on any atom is 0.234 e. The number of primary amides is 1. The number of amides is 1. The topological polar surface area (TPSA) is 86.9 Å². The Balaban J connectivity index is 2.58. The van der Waals surface area contributed by atoms with Crippen LogP contribution in [0.15, 0.2) is 12.4 Å². The fourth-order valence-electron chi connectivity index (χ4n) is 0.932. The van der Waals surface area contributed by atoms with Gasteiger partial charge >= 0.3 is 0 Å². The Bertz CT molecular complexity index is 281. The predicted octanol–water partition coefficient (Wildman–Crippen LogP) is -1.22. The van der Waals surface area contributed by atoms with Gasteiger partial charge in [-0.15, -0.1) is 0 Å². The summed E-state index contributed by atoms with van der Waals surface area (Å²) in [5.74, 6) is -0.487. The molecule has 0 aromatic carbocycles. The number of rotatable bonds is 3. The summed E-state index contributed by atoms with van der Waals surface area (Å²) in [5.41, 5.74) is 11.4. The zero-order valence-electron chi connectivity index (χ0n) is 6.90. The van der Waals surface area contributed by atoms with E-state index in [2.05, 4.69) is 5.10 Å². The molecule has 1 rings (SSSR count). The van der Waals surface area contributed by atoms with Crippen molar-refractivity contribution >= 4 is 5.91 Å². The van der Waals surface area contributed by atoms with Gasteiger partial charge in [-0.1, -0.05) is 0 Å². The van der Waals surface area contributed by atoms with Gasteiger partial charge in [0, 0.05) is 13.2 Å². The summed E-state index contributed by atoms with van der Waals surface area (Å²) in [6.07, 6.45) is 3.93. The number of carbonyl (C=O) groups excluding carboxylic acids is 1. The van der Waals surface area contributed by atoms with Gasteiger partial charge in [-0.25, -0.2) is 0 Å². The van der Waals surface area contributed by atoms with Crippen molar-refractivity contribution in [1.82, 2.24) is 9.78 Å². The van der Waals surface area contributed by atoms with E-state index < -0.39 is 11.9 Å². The summed E-state index contributed by atoms with van der Waals surface area (Å²) in [6.45, 7) is 0. The number of hydrogen-bond acceptors (Lipinski definition) is 3. The molecule has 1 unspecified atom stereocenters. The van der Waals surface area contributed by atoms with Gasteiger partial charge in [-0.2, -0.15) is 5.10 Å². The molecule has 12 heavy (non-hydrogen) atoms. The van der Waals surface area contributed by atoms with E-state index in [1.807, 2.05) is 6.20 Å². The summed E-state index contributed by atoms with van der Waals surface area (Å²) in [6, 6.07) is -0.616. The number of hydrogen-bond donors (Lipinski definition) is 2. The maximum absolute atomic E-state index is 10.6. The minimum Gasteiger partial charge on any atom is -0.368 e. The standard InChI is InChI=1S/C7H12N4O/c1-11-4-5(3-10-11)2-6(8)7(9)12/h3-4,6H,2,8H2,1H3,(H2,9,12). The molecule has 1 aromatic rings. The van der Waals surface area contributed by atoms with Gasteiger partial charge < -0.3 is 11.5 Å². The van der Waals surface area contributed by atoms with Crippen LogP contribution < -0.4 is 11.5 Å². The number of nitrogens with two attached hydrogens (primary N) is 2. The molecule has 0 spiro atoms. The lowest BCUT2D eigenvalue weighted by Gasteiger charge is -2.03. The molecule has 0 fully saturated rings. The van der Waals surface area contributed by atoms with Crippen molar-refractivity contribution in [1.29, 1.82) is 0 Å². The van der Waals surface area contributed by atoms with E-state index in [-0.39, 0.29) is 0 Å². The monoisotopic (exact) mass is 168 g/mol. The molecule has 1 amide bonds. The first-order chi connectivity index (χ1) is 5.59. The molecule has 5 nitrogen and oxygen atoms in total. The first-order valence-electron chi connectivity index (χ1n) is 3.62. The lowest BCUT2D eigenvalue weighted by atomic mass is 10.1. The van der Waals surface area contributed by atoms with Crippen molar-refractivity contribution in [2.75, 3.05) is 0 Å². The van der Waals surface area contributed by atoms with Gasteiger partial charge in [0.1, 0.15) is 0 Å². The van der Waals surface area contributed by atoms with E-state index in [1.165, 1.54) is 0 Å². The molecule has 1 atom stereocenters. The van der Waals surface area contributed by atoms with Crippen LogP contribution in [0.3, 0.4) is 0 Å². The highest BCUT2D eigenvalue weighted by molar-refractivity contribution is 5.79. The molecule has 0 bridgehead atoms. The highest BCUT2D eigenvalue weighted by atomic mass is 16.1. The molecule has 0 aliphatic heterocycles. The first-order valence-corrected chi connectivity index (χ1v) is 3.62. The third-order valence-corrected chi connectivity index (χ3v) is 1.58. The molecule has 0 aliphatic carbocycles. The van der Waals surface area contributed by atoms with E-state index in [1.54, 1.807) is 17.9 Å². The van der Waals surface area contributed by atoms with E-state index in [9.17, 15) is 4.79 Å². The summed E-state index contributed by atoms with van der Waals surface area (Å²) in [7, 11) is 1.80. The molecule has 0 radical (unpaired) electrons. The third kappa shape index (κ3) is 2.06. The normalized spacial score (nSPS) is 12.8. The van der Waals surface area contributed by atoms with Gasteiger partial charge in [-0.05, 0) is 12.0 Å². The lowest BCUT2D eigenvalue weighted by molar-refractivity contribution is -0.119. The molecule has 4 N–H and O–H groups in total. The van der Waals surface area contributed by atoms with Crippen LogP contribution in [0.1, 0.15) is 5.56 Å². The Morgan fingerprint density at radius 3 is 2.92 bits per heavy atom. The Hall–Kier alpha value is -1.36. The second kappa shape index (κ2) is 3.36. The molecule has 0 saturated heterocycles. The molecular formula is C7H12N4O. The fraction of sp³-hybridized carbons (Fsp3) is 0.429. The second-order valence-electron chi connectivity index (χ2n) is 2.74. The Kier molecular flexibility index (Phi) is 2.44. The van der Waals surface area contributed by atoms with Gasteiger partial charge in [0.2, 0.25) is 5.91 Å². The minimum atomic E-state index is -0.616. The molecule has 66 valence electrons. The van der Waals surface area contributed by atoms with Gasteiger partial charge in [0.25, 0.3) is 0 Å². The Morgan fingerprint density at radius 2 is 2.50 bits per heavy atom. The minimum absolute atomic E-state index is 0.448. The first kappa shape index (κ1) is 8.73. The largest absolute Gasteiger partial charge is 0.368 e. The Morgan fingerprint density at radius 1 is 1.83 bits per heavy atom.